The molecule has 3 unspecified atom stereocenters. The van der Waals surface area contributed by atoms with Gasteiger partial charge in [0, 0.05) is 13.0 Å². The van der Waals surface area contributed by atoms with E-state index in [1.807, 2.05) is 0 Å². The number of esters is 1. The van der Waals surface area contributed by atoms with Crippen LogP contribution in [0, 0.1) is 0 Å². The Hall–Kier alpha value is -1.84. The van der Waals surface area contributed by atoms with E-state index in [0.29, 0.717) is 6.61 Å². The van der Waals surface area contributed by atoms with Gasteiger partial charge in [-0.3, -0.25) is 13.8 Å². The van der Waals surface area contributed by atoms with Crippen LogP contribution in [-0.4, -0.2) is 66.3 Å². The lowest BCUT2D eigenvalue weighted by Crippen LogP contribution is -2.29. The summed E-state index contributed by atoms with van der Waals surface area (Å²) in [5, 5.41) is 18.4. The van der Waals surface area contributed by atoms with Crippen molar-refractivity contribution in [2.45, 2.75) is 212 Å². The molecule has 0 aromatic rings. The van der Waals surface area contributed by atoms with E-state index in [-0.39, 0.29) is 19.6 Å². The van der Waals surface area contributed by atoms with Gasteiger partial charge in [0.25, 0.3) is 0 Å². The summed E-state index contributed by atoms with van der Waals surface area (Å²) in [6.45, 7) is 3.36. The molecule has 0 saturated carbocycles. The van der Waals surface area contributed by atoms with Crippen LogP contribution in [0.1, 0.15) is 200 Å². The lowest BCUT2D eigenvalue weighted by molar-refractivity contribution is -0.154. The molecular weight excluding hydrogens is 764 g/mol. The molecule has 0 saturated heterocycles. The van der Waals surface area contributed by atoms with Crippen molar-refractivity contribution in [3.8, 4) is 0 Å². The number of phosphoric ester groups is 1. The van der Waals surface area contributed by atoms with Crippen LogP contribution >= 0.6 is 7.82 Å². The fourth-order valence-electron chi connectivity index (χ4n) is 6.38. The van der Waals surface area contributed by atoms with Crippen LogP contribution in [0.25, 0.3) is 0 Å². The highest BCUT2D eigenvalue weighted by Gasteiger charge is 2.26. The minimum atomic E-state index is -4.53. The fourth-order valence-corrected chi connectivity index (χ4v) is 7.17. The maximum Gasteiger partial charge on any atom is 0.472 e. The number of aliphatic hydroxyl groups is 2. The first-order valence-corrected chi connectivity index (χ1v) is 25.3. The van der Waals surface area contributed by atoms with Gasteiger partial charge < -0.3 is 24.6 Å². The molecule has 0 spiro atoms. The lowest BCUT2D eigenvalue weighted by Gasteiger charge is -2.20. The van der Waals surface area contributed by atoms with Crippen molar-refractivity contribution in [2.24, 2.45) is 0 Å². The fraction of sp³-hybridized carbons (Fsp3) is 0.776. The maximum absolute atomic E-state index is 12.7. The molecule has 0 aliphatic heterocycles. The van der Waals surface area contributed by atoms with Crippen molar-refractivity contribution in [3.63, 3.8) is 0 Å². The predicted octanol–water partition coefficient (Wildman–Crippen LogP) is 13.5. The molecule has 0 rings (SSSR count). The zero-order valence-corrected chi connectivity index (χ0v) is 38.6. The third kappa shape index (κ3) is 45.5. The van der Waals surface area contributed by atoms with Crippen molar-refractivity contribution >= 4 is 13.8 Å². The summed E-state index contributed by atoms with van der Waals surface area (Å²) < 4.78 is 33.4. The molecule has 0 aromatic carbocycles. The molecule has 0 aliphatic rings. The van der Waals surface area contributed by atoms with Crippen molar-refractivity contribution in [3.05, 3.63) is 60.8 Å². The Bertz CT molecular complexity index is 1100. The van der Waals surface area contributed by atoms with Gasteiger partial charge in [0.1, 0.15) is 12.2 Å². The van der Waals surface area contributed by atoms with Crippen LogP contribution in [0.3, 0.4) is 0 Å². The summed E-state index contributed by atoms with van der Waals surface area (Å²) in [6, 6.07) is 0. The first-order chi connectivity index (χ1) is 28.8. The highest BCUT2D eigenvalue weighted by Crippen LogP contribution is 2.43. The predicted molar refractivity (Wildman–Crippen MR) is 246 cm³/mol. The topological polar surface area (TPSA) is 132 Å². The number of phosphoric acid groups is 1. The molecule has 0 bridgehead atoms. The third-order valence-electron chi connectivity index (χ3n) is 9.97. The highest BCUT2D eigenvalue weighted by molar-refractivity contribution is 7.47. The molecule has 10 heteroatoms. The van der Waals surface area contributed by atoms with Crippen LogP contribution in [-0.2, 0) is 27.9 Å². The number of allylic oxidation sites excluding steroid dienone is 10. The van der Waals surface area contributed by atoms with Crippen LogP contribution in [0.5, 0.6) is 0 Å². The van der Waals surface area contributed by atoms with E-state index >= 15 is 0 Å². The first kappa shape index (κ1) is 57.2. The summed E-state index contributed by atoms with van der Waals surface area (Å²) in [6.07, 6.45) is 53.2. The number of hydrogen-bond acceptors (Lipinski definition) is 8. The zero-order chi connectivity index (χ0) is 43.2. The van der Waals surface area contributed by atoms with E-state index < -0.39 is 39.2 Å². The first-order valence-electron chi connectivity index (χ1n) is 23.8. The highest BCUT2D eigenvalue weighted by atomic mass is 31.2. The van der Waals surface area contributed by atoms with E-state index in [9.17, 15) is 19.4 Å². The van der Waals surface area contributed by atoms with Crippen LogP contribution < -0.4 is 0 Å². The smallest absolute Gasteiger partial charge is 0.457 e. The maximum atomic E-state index is 12.7. The quantitative estimate of drug-likeness (QED) is 0.0237. The second kappa shape index (κ2) is 45.7. The second-order valence-electron chi connectivity index (χ2n) is 15.8. The summed E-state index contributed by atoms with van der Waals surface area (Å²) in [5.41, 5.74) is 0. The Labute approximate surface area is 361 Å². The molecule has 3 atom stereocenters. The van der Waals surface area contributed by atoms with Gasteiger partial charge in [0.2, 0.25) is 0 Å². The van der Waals surface area contributed by atoms with E-state index in [1.54, 1.807) is 0 Å². The van der Waals surface area contributed by atoms with Gasteiger partial charge in [-0.15, -0.1) is 0 Å². The summed E-state index contributed by atoms with van der Waals surface area (Å²) in [5.74, 6) is -0.391. The van der Waals surface area contributed by atoms with Crippen molar-refractivity contribution in [1.29, 1.82) is 0 Å². The Balaban J connectivity index is 4.17. The number of aliphatic hydroxyl groups excluding tert-OH is 2. The van der Waals surface area contributed by atoms with Gasteiger partial charge in [-0.25, -0.2) is 4.57 Å². The molecule has 0 aromatic heterocycles. The molecule has 344 valence electrons. The van der Waals surface area contributed by atoms with Gasteiger partial charge in [0.15, 0.2) is 0 Å². The molecule has 0 radical (unpaired) electrons. The largest absolute Gasteiger partial charge is 0.472 e. The molecular formula is C49H89O9P. The van der Waals surface area contributed by atoms with Crippen LogP contribution in [0.15, 0.2) is 60.8 Å². The SMILES string of the molecule is CC/C=C\C/C=C\C/C=C\C/C=C\C/C=C\CCCCCCOCC(COP(=O)(O)OCC(O)CO)OC(=O)CCCCCCCCCCCCCCCCCCCC. The second-order valence-corrected chi connectivity index (χ2v) is 17.2. The molecule has 0 amide bonds. The summed E-state index contributed by atoms with van der Waals surface area (Å²) >= 11 is 0. The molecule has 0 aliphatic carbocycles. The number of carbonyl (C=O) groups excluding carboxylic acids is 1. The normalized spacial score (nSPS) is 14.5. The number of hydrogen-bond donors (Lipinski definition) is 3. The molecule has 59 heavy (non-hydrogen) atoms. The van der Waals surface area contributed by atoms with Gasteiger partial charge in [-0.2, -0.15) is 0 Å². The number of carbonyl (C=O) groups is 1. The Morgan fingerprint density at radius 3 is 1.46 bits per heavy atom. The Morgan fingerprint density at radius 1 is 0.542 bits per heavy atom. The summed E-state index contributed by atoms with van der Waals surface area (Å²) in [7, 11) is -4.53. The Kier molecular flexibility index (Phi) is 44.3. The van der Waals surface area contributed by atoms with Gasteiger partial charge in [-0.1, -0.05) is 197 Å². The van der Waals surface area contributed by atoms with Crippen molar-refractivity contribution < 1.29 is 43.0 Å². The monoisotopic (exact) mass is 853 g/mol. The van der Waals surface area contributed by atoms with Gasteiger partial charge >= 0.3 is 13.8 Å². The van der Waals surface area contributed by atoms with E-state index in [1.165, 1.54) is 96.3 Å². The lowest BCUT2D eigenvalue weighted by atomic mass is 10.0. The van der Waals surface area contributed by atoms with Crippen molar-refractivity contribution in [1.82, 2.24) is 0 Å². The van der Waals surface area contributed by atoms with Gasteiger partial charge in [0.05, 0.1) is 26.4 Å². The number of ether oxygens (including phenoxy) is 2. The van der Waals surface area contributed by atoms with Crippen LogP contribution in [0.4, 0.5) is 0 Å². The molecule has 9 nitrogen and oxygen atoms in total. The van der Waals surface area contributed by atoms with E-state index in [4.69, 9.17) is 23.6 Å². The van der Waals surface area contributed by atoms with E-state index in [2.05, 4.69) is 74.6 Å². The molecule has 0 fully saturated rings. The van der Waals surface area contributed by atoms with Gasteiger partial charge in [-0.05, 0) is 57.8 Å². The number of unbranched alkanes of at least 4 members (excludes halogenated alkanes) is 21. The van der Waals surface area contributed by atoms with E-state index in [0.717, 1.165) is 83.5 Å². The summed E-state index contributed by atoms with van der Waals surface area (Å²) in [4.78, 5) is 22.6. The van der Waals surface area contributed by atoms with Crippen LogP contribution in [0.2, 0.25) is 0 Å². The minimum Gasteiger partial charge on any atom is -0.457 e. The standard InChI is InChI=1S/C49H89O9P/c1-3-5-7-9-11-13-15-17-19-21-23-24-26-28-30-32-34-36-38-40-42-55-45-48(46-57-59(53,54)56-44-47(51)43-50)58-49(52)41-39-37-35-33-31-29-27-25-22-20-18-16-14-12-10-8-6-4-2/h5,7,11,13,17,19,23-24,28,30,47-48,50-51H,3-4,6,8-10,12,14-16,18,20-22,25-27,29,31-46H2,1-2H3,(H,53,54)/b7-5-,13-11-,19-17-,24-23-,30-28-. The minimum absolute atomic E-state index is 0.0319. The average molecular weight is 853 g/mol. The molecule has 0 heterocycles. The zero-order valence-electron chi connectivity index (χ0n) is 37.7. The van der Waals surface area contributed by atoms with Crippen molar-refractivity contribution in [2.75, 3.05) is 33.0 Å². The molecule has 3 N–H and O–H groups in total. The number of rotatable bonds is 45. The Morgan fingerprint density at radius 2 is 0.966 bits per heavy atom. The average Bonchev–Trinajstić information content (AvgIpc) is 3.23. The third-order valence-corrected chi connectivity index (χ3v) is 10.9.